The third kappa shape index (κ3) is 1.93. The Morgan fingerprint density at radius 2 is 2.29 bits per heavy atom. The van der Waals surface area contributed by atoms with Crippen molar-refractivity contribution >= 4 is 5.97 Å². The summed E-state index contributed by atoms with van der Waals surface area (Å²) in [5, 5.41) is 17.5. The van der Waals surface area contributed by atoms with Crippen molar-refractivity contribution in [3.63, 3.8) is 0 Å². The summed E-state index contributed by atoms with van der Waals surface area (Å²) in [7, 11) is 1.19. The molecule has 0 saturated carbocycles. The number of aromatic hydroxyl groups is 1. The van der Waals surface area contributed by atoms with Crippen molar-refractivity contribution in [3.05, 3.63) is 23.8 Å². The van der Waals surface area contributed by atoms with Crippen LogP contribution < -0.4 is 4.74 Å². The molecule has 0 aliphatic carbocycles. The number of hydrogen-bond donors (Lipinski definition) is 1. The number of phenols is 1. The molecular weight excluding hydrogens is 186 g/mol. The summed E-state index contributed by atoms with van der Waals surface area (Å²) in [6, 6.07) is 3.84. The van der Waals surface area contributed by atoms with Gasteiger partial charge >= 0.3 is 5.97 Å². The maximum Gasteiger partial charge on any atom is 0.341 e. The second kappa shape index (κ2) is 4.14. The average Bonchev–Trinajstić information content (AvgIpc) is 2.20. The monoisotopic (exact) mass is 193 g/mol. The van der Waals surface area contributed by atoms with E-state index in [-0.39, 0.29) is 17.1 Å². The van der Waals surface area contributed by atoms with E-state index in [2.05, 4.69) is 9.47 Å². The molecule has 0 aromatic heterocycles. The van der Waals surface area contributed by atoms with Crippen molar-refractivity contribution < 1.29 is 19.4 Å². The quantitative estimate of drug-likeness (QED) is 0.560. The first-order valence-corrected chi connectivity index (χ1v) is 3.66. The fourth-order valence-corrected chi connectivity index (χ4v) is 0.905. The Bertz CT molecular complexity index is 394. The molecule has 0 unspecified atom stereocenters. The lowest BCUT2D eigenvalue weighted by atomic mass is 10.2. The molecule has 0 bridgehead atoms. The van der Waals surface area contributed by atoms with Crippen molar-refractivity contribution in [3.8, 4) is 17.8 Å². The first-order valence-electron chi connectivity index (χ1n) is 3.66. The number of nitrogens with zero attached hydrogens (tertiary/aromatic N) is 1. The van der Waals surface area contributed by atoms with E-state index < -0.39 is 5.97 Å². The van der Waals surface area contributed by atoms with Crippen LogP contribution in [0.1, 0.15) is 10.4 Å². The van der Waals surface area contributed by atoms with Crippen LogP contribution in [0, 0.1) is 11.5 Å². The van der Waals surface area contributed by atoms with Crippen LogP contribution in [-0.4, -0.2) is 18.2 Å². The molecule has 5 heteroatoms. The molecule has 1 rings (SSSR count). The Labute approximate surface area is 80.1 Å². The van der Waals surface area contributed by atoms with Crippen molar-refractivity contribution in [1.82, 2.24) is 0 Å². The minimum absolute atomic E-state index is 0.0414. The standard InChI is InChI=1S/C9H7NO4/c1-13-9(12)7-4-6(14-5-10)2-3-8(7)11/h2-4,11H,1H3. The molecule has 1 aromatic rings. The third-order valence-electron chi connectivity index (χ3n) is 1.54. The molecule has 14 heavy (non-hydrogen) atoms. The van der Waals surface area contributed by atoms with Gasteiger partial charge in [-0.25, -0.2) is 4.79 Å². The number of carbonyl (C=O) groups is 1. The van der Waals surface area contributed by atoms with Gasteiger partial charge in [0.25, 0.3) is 6.26 Å². The van der Waals surface area contributed by atoms with Gasteiger partial charge in [-0.3, -0.25) is 0 Å². The Balaban J connectivity index is 3.09. The highest BCUT2D eigenvalue weighted by molar-refractivity contribution is 5.92. The van der Waals surface area contributed by atoms with Gasteiger partial charge in [-0.1, -0.05) is 0 Å². The van der Waals surface area contributed by atoms with Crippen LogP contribution >= 0.6 is 0 Å². The molecule has 5 nitrogen and oxygen atoms in total. The SMILES string of the molecule is COC(=O)c1cc(OC#N)ccc1O. The van der Waals surface area contributed by atoms with Gasteiger partial charge in [-0.2, -0.15) is 0 Å². The molecule has 1 N–H and O–H groups in total. The molecule has 0 aliphatic rings. The number of phenolic OH excluding ortho intramolecular Hbond substituents is 1. The maximum atomic E-state index is 11.1. The highest BCUT2D eigenvalue weighted by Crippen LogP contribution is 2.23. The Morgan fingerprint density at radius 3 is 2.86 bits per heavy atom. The van der Waals surface area contributed by atoms with Crippen molar-refractivity contribution in [1.29, 1.82) is 5.26 Å². The smallest absolute Gasteiger partial charge is 0.341 e. The Morgan fingerprint density at radius 1 is 1.57 bits per heavy atom. The number of hydrogen-bond acceptors (Lipinski definition) is 5. The van der Waals surface area contributed by atoms with Crippen LogP contribution in [0.15, 0.2) is 18.2 Å². The predicted octanol–water partition coefficient (Wildman–Crippen LogP) is 1.04. The second-order valence-corrected chi connectivity index (χ2v) is 2.36. The summed E-state index contributed by atoms with van der Waals surface area (Å²) >= 11 is 0. The van der Waals surface area contributed by atoms with Gasteiger partial charge in [0, 0.05) is 6.07 Å². The fourth-order valence-electron chi connectivity index (χ4n) is 0.905. The minimum atomic E-state index is -0.689. The van der Waals surface area contributed by atoms with Crippen LogP contribution in [-0.2, 0) is 4.74 Å². The zero-order chi connectivity index (χ0) is 10.6. The maximum absolute atomic E-state index is 11.1. The molecule has 0 saturated heterocycles. The van der Waals surface area contributed by atoms with E-state index in [0.717, 1.165) is 0 Å². The van der Waals surface area contributed by atoms with E-state index in [0.29, 0.717) is 0 Å². The zero-order valence-electron chi connectivity index (χ0n) is 7.35. The number of esters is 1. The first kappa shape index (κ1) is 9.86. The van der Waals surface area contributed by atoms with Gasteiger partial charge in [-0.15, -0.1) is 5.26 Å². The summed E-state index contributed by atoms with van der Waals surface area (Å²) in [5.74, 6) is -0.737. The summed E-state index contributed by atoms with van der Waals surface area (Å²) in [4.78, 5) is 11.1. The van der Waals surface area contributed by atoms with Crippen molar-refractivity contribution in [2.45, 2.75) is 0 Å². The Hall–Kier alpha value is -2.22. The summed E-state index contributed by atoms with van der Waals surface area (Å²) in [6.45, 7) is 0. The average molecular weight is 193 g/mol. The largest absolute Gasteiger partial charge is 0.507 e. The molecule has 0 atom stereocenters. The van der Waals surface area contributed by atoms with Gasteiger partial charge in [-0.05, 0) is 12.1 Å². The minimum Gasteiger partial charge on any atom is -0.507 e. The molecular formula is C9H7NO4. The third-order valence-corrected chi connectivity index (χ3v) is 1.54. The number of nitriles is 1. The van der Waals surface area contributed by atoms with Crippen LogP contribution in [0.4, 0.5) is 0 Å². The number of rotatable bonds is 2. The second-order valence-electron chi connectivity index (χ2n) is 2.36. The van der Waals surface area contributed by atoms with E-state index in [1.807, 2.05) is 0 Å². The van der Waals surface area contributed by atoms with Gasteiger partial charge in [0.2, 0.25) is 0 Å². The number of ether oxygens (including phenoxy) is 2. The molecule has 1 aromatic carbocycles. The summed E-state index contributed by atoms with van der Waals surface area (Å²) in [5.41, 5.74) is -0.0414. The van der Waals surface area contributed by atoms with Gasteiger partial charge in [0.1, 0.15) is 17.1 Å². The summed E-state index contributed by atoms with van der Waals surface area (Å²) in [6.07, 6.45) is 1.45. The number of methoxy groups -OCH3 is 1. The Kier molecular flexibility index (Phi) is 2.92. The highest BCUT2D eigenvalue weighted by atomic mass is 16.5. The topological polar surface area (TPSA) is 79.5 Å². The molecule has 0 heterocycles. The normalized spacial score (nSPS) is 8.86. The van der Waals surface area contributed by atoms with Crippen LogP contribution in [0.3, 0.4) is 0 Å². The molecule has 72 valence electrons. The van der Waals surface area contributed by atoms with E-state index >= 15 is 0 Å². The number of benzene rings is 1. The van der Waals surface area contributed by atoms with E-state index in [9.17, 15) is 9.90 Å². The van der Waals surface area contributed by atoms with Crippen LogP contribution in [0.5, 0.6) is 11.5 Å². The summed E-state index contributed by atoms with van der Waals surface area (Å²) < 4.78 is 8.90. The highest BCUT2D eigenvalue weighted by Gasteiger charge is 2.12. The number of carbonyl (C=O) groups excluding carboxylic acids is 1. The van der Waals surface area contributed by atoms with E-state index in [1.165, 1.54) is 31.6 Å². The van der Waals surface area contributed by atoms with E-state index in [1.54, 1.807) is 0 Å². The first-order chi connectivity index (χ1) is 6.69. The van der Waals surface area contributed by atoms with Gasteiger partial charge in [0.05, 0.1) is 7.11 Å². The molecule has 0 spiro atoms. The molecule has 0 radical (unpaired) electrons. The lowest BCUT2D eigenvalue weighted by molar-refractivity contribution is 0.0597. The van der Waals surface area contributed by atoms with Crippen LogP contribution in [0.25, 0.3) is 0 Å². The molecule has 0 aliphatic heterocycles. The van der Waals surface area contributed by atoms with Crippen molar-refractivity contribution in [2.24, 2.45) is 0 Å². The van der Waals surface area contributed by atoms with Crippen molar-refractivity contribution in [2.75, 3.05) is 7.11 Å². The molecule has 0 amide bonds. The lowest BCUT2D eigenvalue weighted by Crippen LogP contribution is -2.01. The van der Waals surface area contributed by atoms with Gasteiger partial charge in [0.15, 0.2) is 0 Å². The lowest BCUT2D eigenvalue weighted by Gasteiger charge is -2.03. The van der Waals surface area contributed by atoms with Crippen LogP contribution in [0.2, 0.25) is 0 Å². The fraction of sp³-hybridized carbons (Fsp3) is 0.111. The van der Waals surface area contributed by atoms with Gasteiger partial charge < -0.3 is 14.6 Å². The zero-order valence-corrected chi connectivity index (χ0v) is 7.35. The predicted molar refractivity (Wildman–Crippen MR) is 45.7 cm³/mol. The van der Waals surface area contributed by atoms with E-state index in [4.69, 9.17) is 5.26 Å². The molecule has 0 fully saturated rings.